The Morgan fingerprint density at radius 3 is 0.831 bits per heavy atom. The molecule has 0 radical (unpaired) electrons. The number of pyridine rings is 5. The number of carbonyl (C=O) groups is 5. The maximum Gasteiger partial charge on any atom is 0.345 e. The zero-order valence-electron chi connectivity index (χ0n) is 65.0. The zero-order chi connectivity index (χ0) is 89.3. The van der Waals surface area contributed by atoms with Crippen molar-refractivity contribution < 1.29 is 133 Å². The number of hydrogen-bond acceptors (Lipinski definition) is 24. The number of thiazole rings is 2. The molecule has 7 aromatic heterocycles. The van der Waals surface area contributed by atoms with E-state index >= 15 is 0 Å². The topological polar surface area (TPSA) is 398 Å². The quantitative estimate of drug-likeness (QED) is 0.0332. The van der Waals surface area contributed by atoms with Gasteiger partial charge in [0.25, 0.3) is 29.5 Å². The molecule has 27 nitrogen and oxygen atoms in total. The van der Waals surface area contributed by atoms with Gasteiger partial charge >= 0.3 is 33.1 Å². The molecule has 43 heteroatoms. The number of carbonyl (C=O) groups excluding carboxylic acids is 5. The minimum atomic E-state index is -2.94. The molecule has 658 valence electrons. The Balaban J connectivity index is 0.000000151. The number of alkyl halides is 10. The standard InChI is InChI=1S/C17H14F4N2O3.2C17H15F3N2O3.2C15H15F2N3O3S/c18-8-1-3-10(13(19)5-8)12-6-14(15(22)24)23-16-11(12)4-2-9(26-16)7-25-17(20)21;2*18-10-3-1-9(2-4-10)13-7-14(15(21)23)22-16-12(13)6-5-11(25-16)8-24-17(19)20;2*1-7-19-5-12(24-7)10-4-11(13(18)21)20-14-9(10)3-2-8(23-14)6-22-15(16)17/h1,3,5-6,9,17H,2,4,7H2,(H2,22,24);2*1-4,7,11,17H,5-6,8H2,(H2,21,23);2*4-5,8,15H,2-3,6H2,1H3,(H2,18,21)/t9-;2*11-;2*8-/m01010/s1. The van der Waals surface area contributed by atoms with Crippen LogP contribution in [0.15, 0.2) is 109 Å². The lowest BCUT2D eigenvalue weighted by atomic mass is 9.94. The van der Waals surface area contributed by atoms with Crippen LogP contribution in [-0.2, 0) is 55.8 Å². The maximum absolute atomic E-state index is 14.2. The minimum absolute atomic E-state index is 0.00542. The van der Waals surface area contributed by atoms with E-state index in [1.807, 2.05) is 13.8 Å². The van der Waals surface area contributed by atoms with E-state index in [4.69, 9.17) is 52.4 Å². The van der Waals surface area contributed by atoms with Crippen molar-refractivity contribution in [2.75, 3.05) is 33.0 Å². The first-order chi connectivity index (χ1) is 59.1. The van der Waals surface area contributed by atoms with Crippen LogP contribution in [0.4, 0.5) is 61.5 Å². The molecule has 0 saturated heterocycles. The summed E-state index contributed by atoms with van der Waals surface area (Å²) in [6.07, 6.45) is 5.16. The molecule has 12 heterocycles. The normalized spacial score (nSPS) is 16.5. The number of primary amides is 5. The van der Waals surface area contributed by atoms with Crippen molar-refractivity contribution in [2.45, 2.75) is 142 Å². The minimum Gasteiger partial charge on any atom is -0.472 e. The summed E-state index contributed by atoms with van der Waals surface area (Å²) in [6, 6.07) is 22.1. The summed E-state index contributed by atoms with van der Waals surface area (Å²) in [6.45, 7) is -12.1. The molecule has 10 aromatic rings. The molecular weight excluding hydrogens is 1710 g/mol. The van der Waals surface area contributed by atoms with Crippen molar-refractivity contribution in [1.82, 2.24) is 34.9 Å². The SMILES string of the molecule is Cc1ncc(-c2cc(C(N)=O)nc3c2CC[C@@H](COC(F)F)O3)s1.Cc1ncc(-c2cc(C(N)=O)nc3c2CC[C@H](COC(F)F)O3)s1.NC(=O)c1cc(-c2ccc(F)cc2)c2c(n1)O[C@@H](COC(F)F)CC2.NC(=O)c1cc(-c2ccc(F)cc2)c2c(n1)O[C@H](COC(F)F)CC2.NC(=O)c1cc(-c2ccc(F)cc2F)c2c(n1)O[C@H](COC(F)F)CC2. The van der Waals surface area contributed by atoms with Crippen LogP contribution in [-0.4, -0.2) is 161 Å². The fraction of sp³-hybridized carbons (Fsp3) is 0.333. The highest BCUT2D eigenvalue weighted by Gasteiger charge is 2.34. The van der Waals surface area contributed by atoms with Gasteiger partial charge < -0.3 is 76.0 Å². The van der Waals surface area contributed by atoms with Crippen LogP contribution in [0, 0.1) is 37.1 Å². The molecule has 5 aliphatic rings. The van der Waals surface area contributed by atoms with E-state index < -0.39 is 105 Å². The van der Waals surface area contributed by atoms with Crippen molar-refractivity contribution in [3.63, 3.8) is 0 Å². The molecule has 0 bridgehead atoms. The second-order valence-corrected chi connectivity index (χ2v) is 30.0. The van der Waals surface area contributed by atoms with Gasteiger partial charge in [-0.2, -0.15) is 43.9 Å². The summed E-state index contributed by atoms with van der Waals surface area (Å²) in [5.41, 5.74) is 34.5. The maximum atomic E-state index is 14.2. The van der Waals surface area contributed by atoms with Crippen molar-refractivity contribution in [1.29, 1.82) is 0 Å². The summed E-state index contributed by atoms with van der Waals surface area (Å²) in [7, 11) is 0. The lowest BCUT2D eigenvalue weighted by molar-refractivity contribution is -0.146. The van der Waals surface area contributed by atoms with Crippen LogP contribution >= 0.6 is 22.7 Å². The predicted molar refractivity (Wildman–Crippen MR) is 415 cm³/mol. The van der Waals surface area contributed by atoms with E-state index in [2.05, 4.69) is 58.6 Å². The van der Waals surface area contributed by atoms with Gasteiger partial charge in [0.15, 0.2) is 0 Å². The van der Waals surface area contributed by atoms with Crippen LogP contribution in [0.1, 0.15) is 122 Å². The van der Waals surface area contributed by atoms with Crippen LogP contribution in [0.5, 0.6) is 29.4 Å². The molecule has 10 N–H and O–H groups in total. The Morgan fingerprint density at radius 1 is 0.347 bits per heavy atom. The molecule has 124 heavy (non-hydrogen) atoms. The van der Waals surface area contributed by atoms with Crippen molar-refractivity contribution >= 4 is 52.2 Å². The molecule has 0 unspecified atom stereocenters. The van der Waals surface area contributed by atoms with Gasteiger partial charge in [-0.1, -0.05) is 24.3 Å². The first-order valence-corrected chi connectivity index (χ1v) is 39.1. The number of benzene rings is 3. The van der Waals surface area contributed by atoms with Gasteiger partial charge in [-0.3, -0.25) is 24.0 Å². The van der Waals surface area contributed by atoms with Gasteiger partial charge in [-0.25, -0.2) is 52.4 Å². The van der Waals surface area contributed by atoms with Crippen LogP contribution in [0.3, 0.4) is 0 Å². The largest absolute Gasteiger partial charge is 0.472 e. The van der Waals surface area contributed by atoms with Gasteiger partial charge in [-0.15, -0.1) is 22.7 Å². The number of hydrogen-bond donors (Lipinski definition) is 5. The van der Waals surface area contributed by atoms with Crippen LogP contribution in [0.25, 0.3) is 54.3 Å². The van der Waals surface area contributed by atoms with Gasteiger partial charge in [0.1, 0.15) is 82.3 Å². The average Bonchev–Trinajstić information content (AvgIpc) is 1.30. The lowest BCUT2D eigenvalue weighted by Gasteiger charge is -2.27. The third-order valence-corrected chi connectivity index (χ3v) is 20.9. The Hall–Kier alpha value is -12.2. The van der Waals surface area contributed by atoms with E-state index in [0.717, 1.165) is 54.2 Å². The molecule has 5 amide bonds. The van der Waals surface area contributed by atoms with E-state index in [9.17, 15) is 85.4 Å². The average molecular weight is 1790 g/mol. The Morgan fingerprint density at radius 2 is 0.589 bits per heavy atom. The highest BCUT2D eigenvalue weighted by atomic mass is 32.1. The van der Waals surface area contributed by atoms with E-state index in [1.165, 1.54) is 71.2 Å². The van der Waals surface area contributed by atoms with Crippen LogP contribution < -0.4 is 52.4 Å². The number of halogens is 14. The number of rotatable bonds is 25. The van der Waals surface area contributed by atoms with Gasteiger partial charge in [-0.05, 0) is 173 Å². The number of aromatic nitrogens is 7. The second-order valence-electron chi connectivity index (χ2n) is 27.5. The summed E-state index contributed by atoms with van der Waals surface area (Å²) < 4.78 is 225. The number of nitrogens with zero attached hydrogens (tertiary/aromatic N) is 7. The molecule has 5 atom stereocenters. The second kappa shape index (κ2) is 42.3. The summed E-state index contributed by atoms with van der Waals surface area (Å²) >= 11 is 2.96. The number of aryl methyl sites for hydroxylation is 2. The number of nitrogens with two attached hydrogens (primary N) is 5. The van der Waals surface area contributed by atoms with Crippen molar-refractivity contribution in [3.05, 3.63) is 199 Å². The Labute approximate surface area is 702 Å². The van der Waals surface area contributed by atoms with E-state index in [0.29, 0.717) is 103 Å². The monoisotopic (exact) mass is 1780 g/mol. The third kappa shape index (κ3) is 24.8. The van der Waals surface area contributed by atoms with Crippen molar-refractivity contribution in [2.24, 2.45) is 28.7 Å². The van der Waals surface area contributed by atoms with Gasteiger partial charge in [0.2, 0.25) is 29.4 Å². The summed E-state index contributed by atoms with van der Waals surface area (Å²) in [5, 5.41) is 1.77. The molecular formula is C81H74F14N12O15S2. The van der Waals surface area contributed by atoms with E-state index in [-0.39, 0.29) is 114 Å². The summed E-state index contributed by atoms with van der Waals surface area (Å²) in [4.78, 5) is 88.3. The van der Waals surface area contributed by atoms with Crippen LogP contribution in [0.2, 0.25) is 0 Å². The molecule has 0 spiro atoms. The highest BCUT2D eigenvalue weighted by molar-refractivity contribution is 7.15. The molecule has 0 aliphatic carbocycles. The number of fused-ring (bicyclic) bond motifs is 5. The highest BCUT2D eigenvalue weighted by Crippen LogP contribution is 2.43. The predicted octanol–water partition coefficient (Wildman–Crippen LogP) is 14.0. The molecule has 3 aromatic carbocycles. The first kappa shape index (κ1) is 92.6. The third-order valence-electron chi connectivity index (χ3n) is 19.0. The number of amides is 5. The Bertz CT molecular complexity index is 5220. The summed E-state index contributed by atoms with van der Waals surface area (Å²) in [5.74, 6) is -5.30. The Kier molecular flexibility index (Phi) is 31.6. The first-order valence-electron chi connectivity index (χ1n) is 37.4. The van der Waals surface area contributed by atoms with E-state index in [1.54, 1.807) is 48.8 Å². The molecule has 5 aliphatic heterocycles. The van der Waals surface area contributed by atoms with Gasteiger partial charge in [0, 0.05) is 63.0 Å². The molecule has 0 fully saturated rings. The lowest BCUT2D eigenvalue weighted by Crippen LogP contribution is -2.30. The molecule has 0 saturated carbocycles. The van der Waals surface area contributed by atoms with Crippen molar-refractivity contribution in [3.8, 4) is 83.7 Å². The number of ether oxygens (including phenoxy) is 10. The fourth-order valence-electron chi connectivity index (χ4n) is 13.3. The fourth-order valence-corrected chi connectivity index (χ4v) is 14.9. The van der Waals surface area contributed by atoms with Gasteiger partial charge in [0.05, 0.1) is 52.8 Å². The molecule has 15 rings (SSSR count). The zero-order valence-corrected chi connectivity index (χ0v) is 66.7. The smallest absolute Gasteiger partial charge is 0.345 e.